The predicted molar refractivity (Wildman–Crippen MR) is 102 cm³/mol. The van der Waals surface area contributed by atoms with E-state index in [9.17, 15) is 4.79 Å². The van der Waals surface area contributed by atoms with Crippen LogP contribution in [0, 0.1) is 6.92 Å². The highest BCUT2D eigenvalue weighted by atomic mass is 16.5. The molecule has 2 amide bonds. The van der Waals surface area contributed by atoms with Crippen molar-refractivity contribution in [3.63, 3.8) is 0 Å². The van der Waals surface area contributed by atoms with Gasteiger partial charge < -0.3 is 23.9 Å². The predicted octanol–water partition coefficient (Wildman–Crippen LogP) is 4.06. The number of carbonyl (C=O) groups excluding carboxylic acids is 1. The fourth-order valence-electron chi connectivity index (χ4n) is 3.29. The summed E-state index contributed by atoms with van der Waals surface area (Å²) in [6, 6.07) is 10.9. The van der Waals surface area contributed by atoms with Crippen molar-refractivity contribution >= 4 is 11.7 Å². The molecule has 0 atom stereocenters. The third-order valence-corrected chi connectivity index (χ3v) is 4.85. The summed E-state index contributed by atoms with van der Waals surface area (Å²) in [5.41, 5.74) is 0.710. The highest BCUT2D eigenvalue weighted by Gasteiger charge is 2.28. The molecule has 0 saturated carbocycles. The molecule has 8 nitrogen and oxygen atoms in total. The van der Waals surface area contributed by atoms with E-state index in [1.807, 2.05) is 37.3 Å². The average Bonchev–Trinajstić information content (AvgIpc) is 3.37. The maximum absolute atomic E-state index is 12.5. The average molecular weight is 382 g/mol. The smallest absolute Gasteiger partial charge is 0.321 e. The van der Waals surface area contributed by atoms with Crippen molar-refractivity contribution in [2.45, 2.75) is 25.7 Å². The zero-order valence-electron chi connectivity index (χ0n) is 15.8. The lowest BCUT2D eigenvalue weighted by Crippen LogP contribution is -2.40. The van der Waals surface area contributed by atoms with Gasteiger partial charge in [-0.25, -0.2) is 4.79 Å². The van der Waals surface area contributed by atoms with Crippen LogP contribution < -0.4 is 10.1 Å². The first-order valence-electron chi connectivity index (χ1n) is 9.23. The summed E-state index contributed by atoms with van der Waals surface area (Å²) in [6.45, 7) is 3.12. The normalized spacial score (nSPS) is 14.9. The molecular formula is C20H22N4O4. The number of furan rings is 1. The summed E-state index contributed by atoms with van der Waals surface area (Å²) < 4.78 is 16.2. The van der Waals surface area contributed by atoms with Gasteiger partial charge >= 0.3 is 6.03 Å². The number of urea groups is 1. The minimum atomic E-state index is -0.121. The van der Waals surface area contributed by atoms with Crippen LogP contribution in [0.15, 0.2) is 45.3 Å². The lowest BCUT2D eigenvalue weighted by molar-refractivity contribution is 0.187. The number of rotatable bonds is 4. The molecule has 1 fully saturated rings. The lowest BCUT2D eigenvalue weighted by Gasteiger charge is -2.30. The zero-order valence-corrected chi connectivity index (χ0v) is 15.8. The van der Waals surface area contributed by atoms with E-state index in [1.54, 1.807) is 18.1 Å². The molecule has 3 heterocycles. The summed E-state index contributed by atoms with van der Waals surface area (Å²) >= 11 is 0. The standard InChI is InChI=1S/C20H22N4O4/c1-13-6-7-17(27-13)18-22-19(28-23-18)14-8-10-24(11-9-14)20(25)21-15-4-3-5-16(12-15)26-2/h3-7,12,14H,8-11H2,1-2H3,(H,21,25). The molecule has 8 heteroatoms. The van der Waals surface area contributed by atoms with Crippen LogP contribution in [0.2, 0.25) is 0 Å². The molecule has 1 aliphatic rings. The Morgan fingerprint density at radius 2 is 2.07 bits per heavy atom. The third-order valence-electron chi connectivity index (χ3n) is 4.85. The van der Waals surface area contributed by atoms with Gasteiger partial charge in [0.05, 0.1) is 7.11 Å². The summed E-state index contributed by atoms with van der Waals surface area (Å²) in [5.74, 6) is 3.30. The zero-order chi connectivity index (χ0) is 19.5. The van der Waals surface area contributed by atoms with Gasteiger partial charge in [0.2, 0.25) is 11.7 Å². The molecule has 28 heavy (non-hydrogen) atoms. The van der Waals surface area contributed by atoms with Gasteiger partial charge in [-0.05, 0) is 44.0 Å². The van der Waals surface area contributed by atoms with E-state index in [1.165, 1.54) is 0 Å². The number of aromatic nitrogens is 2. The molecule has 1 N–H and O–H groups in total. The largest absolute Gasteiger partial charge is 0.497 e. The molecule has 0 aliphatic carbocycles. The number of benzene rings is 1. The van der Waals surface area contributed by atoms with Crippen LogP contribution in [0.1, 0.15) is 30.4 Å². The van der Waals surface area contributed by atoms with Crippen molar-refractivity contribution < 1.29 is 18.5 Å². The van der Waals surface area contributed by atoms with Crippen LogP contribution in [0.25, 0.3) is 11.6 Å². The quantitative estimate of drug-likeness (QED) is 0.731. The molecule has 146 valence electrons. The van der Waals surface area contributed by atoms with Gasteiger partial charge in [0.25, 0.3) is 0 Å². The first kappa shape index (κ1) is 18.1. The highest BCUT2D eigenvalue weighted by molar-refractivity contribution is 5.89. The first-order chi connectivity index (χ1) is 13.6. The molecule has 3 aromatic rings. The Labute approximate surface area is 162 Å². The lowest BCUT2D eigenvalue weighted by atomic mass is 9.97. The number of ether oxygens (including phenoxy) is 1. The second kappa shape index (κ2) is 7.75. The molecule has 1 aliphatic heterocycles. The fourth-order valence-corrected chi connectivity index (χ4v) is 3.29. The number of nitrogens with zero attached hydrogens (tertiary/aromatic N) is 3. The Balaban J connectivity index is 1.34. The van der Waals surface area contributed by atoms with Gasteiger partial charge in [-0.15, -0.1) is 0 Å². The Morgan fingerprint density at radius 1 is 1.25 bits per heavy atom. The molecule has 2 aromatic heterocycles. The molecule has 0 radical (unpaired) electrons. The topological polar surface area (TPSA) is 93.6 Å². The number of aryl methyl sites for hydroxylation is 1. The Morgan fingerprint density at radius 3 is 2.79 bits per heavy atom. The monoisotopic (exact) mass is 382 g/mol. The molecule has 0 bridgehead atoms. The molecular weight excluding hydrogens is 360 g/mol. The molecule has 4 rings (SSSR count). The van der Waals surface area contributed by atoms with Crippen LogP contribution in [0.4, 0.5) is 10.5 Å². The van der Waals surface area contributed by atoms with E-state index in [0.717, 1.165) is 18.6 Å². The first-order valence-corrected chi connectivity index (χ1v) is 9.23. The van der Waals surface area contributed by atoms with Crippen LogP contribution in [0.3, 0.4) is 0 Å². The minimum Gasteiger partial charge on any atom is -0.497 e. The van der Waals surface area contributed by atoms with E-state index < -0.39 is 0 Å². The molecule has 0 unspecified atom stereocenters. The van der Waals surface area contributed by atoms with Crippen molar-refractivity contribution in [2.75, 3.05) is 25.5 Å². The van der Waals surface area contributed by atoms with Gasteiger partial charge in [0.1, 0.15) is 11.5 Å². The molecule has 1 saturated heterocycles. The van der Waals surface area contributed by atoms with E-state index in [2.05, 4.69) is 15.5 Å². The SMILES string of the molecule is COc1cccc(NC(=O)N2CCC(c3nc(-c4ccc(C)o4)no3)CC2)c1. The van der Waals surface area contributed by atoms with Crippen LogP contribution in [-0.4, -0.2) is 41.3 Å². The number of nitrogens with one attached hydrogen (secondary N) is 1. The van der Waals surface area contributed by atoms with E-state index >= 15 is 0 Å². The summed E-state index contributed by atoms with van der Waals surface area (Å²) in [4.78, 5) is 18.8. The van der Waals surface area contributed by atoms with Gasteiger partial charge in [-0.2, -0.15) is 4.98 Å². The van der Waals surface area contributed by atoms with Gasteiger partial charge in [0.15, 0.2) is 5.76 Å². The molecule has 0 spiro atoms. The van der Waals surface area contributed by atoms with Crippen LogP contribution in [-0.2, 0) is 0 Å². The van der Waals surface area contributed by atoms with E-state index in [4.69, 9.17) is 13.7 Å². The van der Waals surface area contributed by atoms with Crippen molar-refractivity contribution in [3.05, 3.63) is 48.0 Å². The second-order valence-corrected chi connectivity index (χ2v) is 6.79. The maximum atomic E-state index is 12.5. The maximum Gasteiger partial charge on any atom is 0.321 e. The van der Waals surface area contributed by atoms with Crippen LogP contribution >= 0.6 is 0 Å². The summed E-state index contributed by atoms with van der Waals surface area (Å²) in [7, 11) is 1.60. The highest BCUT2D eigenvalue weighted by Crippen LogP contribution is 2.29. The number of anilines is 1. The fraction of sp³-hybridized carbons (Fsp3) is 0.350. The van der Waals surface area contributed by atoms with E-state index in [-0.39, 0.29) is 11.9 Å². The number of methoxy groups -OCH3 is 1. The minimum absolute atomic E-state index is 0.121. The van der Waals surface area contributed by atoms with Crippen LogP contribution in [0.5, 0.6) is 5.75 Å². The van der Waals surface area contributed by atoms with Gasteiger partial charge in [-0.3, -0.25) is 0 Å². The third kappa shape index (κ3) is 3.85. The van der Waals surface area contributed by atoms with E-state index in [0.29, 0.717) is 42.0 Å². The number of likely N-dealkylation sites (tertiary alicyclic amines) is 1. The Bertz CT molecular complexity index is 957. The second-order valence-electron chi connectivity index (χ2n) is 6.79. The molecule has 1 aromatic carbocycles. The number of amides is 2. The van der Waals surface area contributed by atoms with Crippen molar-refractivity contribution in [1.29, 1.82) is 0 Å². The summed E-state index contributed by atoms with van der Waals surface area (Å²) in [5, 5.41) is 6.93. The van der Waals surface area contributed by atoms with Crippen molar-refractivity contribution in [3.8, 4) is 17.3 Å². The Hall–Kier alpha value is -3.29. The summed E-state index contributed by atoms with van der Waals surface area (Å²) in [6.07, 6.45) is 1.54. The van der Waals surface area contributed by atoms with Gasteiger partial charge in [-0.1, -0.05) is 11.2 Å². The number of hydrogen-bond acceptors (Lipinski definition) is 6. The number of hydrogen-bond donors (Lipinski definition) is 1. The number of piperidine rings is 1. The van der Waals surface area contributed by atoms with Gasteiger partial charge in [0, 0.05) is 30.8 Å². The number of carbonyl (C=O) groups is 1. The van der Waals surface area contributed by atoms with Crippen molar-refractivity contribution in [1.82, 2.24) is 15.0 Å². The Kier molecular flexibility index (Phi) is 5.01. The van der Waals surface area contributed by atoms with Crippen molar-refractivity contribution in [2.24, 2.45) is 0 Å².